The van der Waals surface area contributed by atoms with Crippen molar-refractivity contribution in [3.8, 4) is 0 Å². The summed E-state index contributed by atoms with van der Waals surface area (Å²) in [4.78, 5) is 12.1. The first kappa shape index (κ1) is 16.6. The van der Waals surface area contributed by atoms with Gasteiger partial charge in [0.15, 0.2) is 0 Å². The molecule has 0 fully saturated rings. The van der Waals surface area contributed by atoms with E-state index in [2.05, 4.69) is 20.8 Å². The van der Waals surface area contributed by atoms with Gasteiger partial charge in [-0.3, -0.25) is 4.79 Å². The Morgan fingerprint density at radius 1 is 1.08 bits per heavy atom. The van der Waals surface area contributed by atoms with Crippen LogP contribution in [-0.4, -0.2) is 16.1 Å². The van der Waals surface area contributed by atoms with Crippen molar-refractivity contribution in [2.75, 3.05) is 10.6 Å². The predicted molar refractivity (Wildman–Crippen MR) is 91.9 cm³/mol. The fraction of sp³-hybridized carbons (Fsp3) is 0.167. The summed E-state index contributed by atoms with van der Waals surface area (Å²) in [5.41, 5.74) is 2.04. The van der Waals surface area contributed by atoms with Crippen LogP contribution in [0, 0.1) is 12.7 Å². The maximum absolute atomic E-state index is 12.9. The van der Waals surface area contributed by atoms with Crippen LogP contribution in [0.15, 0.2) is 52.9 Å². The number of carbonyl (C=O) groups excluding carboxylic acids is 1. The monoisotopic (exact) mass is 340 g/mol. The molecule has 0 unspecified atom stereocenters. The van der Waals surface area contributed by atoms with Gasteiger partial charge in [0.25, 0.3) is 5.91 Å². The SMILES string of the molecule is Cc1nnc(N[C@@H](C)c2ccc(NC(=O)c3ccc(F)cc3)cc2)o1. The lowest BCUT2D eigenvalue weighted by Crippen LogP contribution is -2.12. The molecule has 1 amide bonds. The largest absolute Gasteiger partial charge is 0.408 e. The topological polar surface area (TPSA) is 80.0 Å². The summed E-state index contributed by atoms with van der Waals surface area (Å²) >= 11 is 0. The van der Waals surface area contributed by atoms with Crippen molar-refractivity contribution < 1.29 is 13.6 Å². The van der Waals surface area contributed by atoms with Crippen molar-refractivity contribution in [2.45, 2.75) is 19.9 Å². The number of nitrogens with one attached hydrogen (secondary N) is 2. The quantitative estimate of drug-likeness (QED) is 0.735. The second-order valence-electron chi connectivity index (χ2n) is 5.58. The number of rotatable bonds is 5. The Labute approximate surface area is 144 Å². The van der Waals surface area contributed by atoms with Crippen molar-refractivity contribution >= 4 is 17.6 Å². The fourth-order valence-electron chi connectivity index (χ4n) is 2.28. The van der Waals surface area contributed by atoms with Crippen LogP contribution >= 0.6 is 0 Å². The third-order valence-electron chi connectivity index (χ3n) is 3.64. The molecule has 0 saturated carbocycles. The Kier molecular flexibility index (Phi) is 4.74. The molecule has 128 valence electrons. The Balaban J connectivity index is 1.63. The van der Waals surface area contributed by atoms with Gasteiger partial charge in [-0.15, -0.1) is 5.10 Å². The van der Waals surface area contributed by atoms with Gasteiger partial charge < -0.3 is 15.1 Å². The smallest absolute Gasteiger partial charge is 0.315 e. The average molecular weight is 340 g/mol. The van der Waals surface area contributed by atoms with Gasteiger partial charge in [-0.25, -0.2) is 4.39 Å². The number of hydrogen-bond donors (Lipinski definition) is 2. The zero-order chi connectivity index (χ0) is 17.8. The molecular formula is C18H17FN4O2. The zero-order valence-electron chi connectivity index (χ0n) is 13.8. The van der Waals surface area contributed by atoms with E-state index in [1.807, 2.05) is 19.1 Å². The number of nitrogens with zero attached hydrogens (tertiary/aromatic N) is 2. The highest BCUT2D eigenvalue weighted by molar-refractivity contribution is 6.04. The lowest BCUT2D eigenvalue weighted by molar-refractivity contribution is 0.102. The molecule has 3 rings (SSSR count). The van der Waals surface area contributed by atoms with Gasteiger partial charge in [0, 0.05) is 18.2 Å². The molecule has 3 aromatic rings. The standard InChI is InChI=1S/C18H17FN4O2/c1-11(20-18-23-22-12(2)25-18)13-5-9-16(10-6-13)21-17(24)14-3-7-15(19)8-4-14/h3-11H,1-2H3,(H,20,23)(H,21,24)/t11-/m0/s1. The minimum atomic E-state index is -0.376. The molecule has 0 aliphatic carbocycles. The molecule has 25 heavy (non-hydrogen) atoms. The van der Waals surface area contributed by atoms with Crippen molar-refractivity contribution in [1.82, 2.24) is 10.2 Å². The van der Waals surface area contributed by atoms with Crippen LogP contribution in [0.2, 0.25) is 0 Å². The highest BCUT2D eigenvalue weighted by Gasteiger charge is 2.10. The molecule has 2 aromatic carbocycles. The van der Waals surface area contributed by atoms with Crippen LogP contribution in [-0.2, 0) is 0 Å². The maximum Gasteiger partial charge on any atom is 0.315 e. The van der Waals surface area contributed by atoms with Gasteiger partial charge in [-0.2, -0.15) is 0 Å². The van der Waals surface area contributed by atoms with Crippen LogP contribution < -0.4 is 10.6 Å². The lowest BCUT2D eigenvalue weighted by Gasteiger charge is -2.13. The molecular weight excluding hydrogens is 323 g/mol. The summed E-state index contributed by atoms with van der Waals surface area (Å²) in [5, 5.41) is 13.5. The molecule has 0 spiro atoms. The van der Waals surface area contributed by atoms with Crippen molar-refractivity contribution in [1.29, 1.82) is 0 Å². The minimum Gasteiger partial charge on any atom is -0.408 e. The molecule has 7 heteroatoms. The van der Waals surface area contributed by atoms with Gasteiger partial charge in [0.2, 0.25) is 5.89 Å². The first-order chi connectivity index (χ1) is 12.0. The number of anilines is 2. The van der Waals surface area contributed by atoms with Crippen LogP contribution in [0.3, 0.4) is 0 Å². The van der Waals surface area contributed by atoms with Crippen LogP contribution in [0.1, 0.15) is 34.8 Å². The molecule has 0 aliphatic heterocycles. The minimum absolute atomic E-state index is 0.0401. The van der Waals surface area contributed by atoms with E-state index >= 15 is 0 Å². The number of halogens is 1. The molecule has 6 nitrogen and oxygen atoms in total. The third kappa shape index (κ3) is 4.20. The molecule has 1 aromatic heterocycles. The molecule has 1 atom stereocenters. The van der Waals surface area contributed by atoms with Crippen LogP contribution in [0.25, 0.3) is 0 Å². The van der Waals surface area contributed by atoms with E-state index in [1.54, 1.807) is 19.1 Å². The number of aromatic nitrogens is 2. The second-order valence-corrected chi connectivity index (χ2v) is 5.58. The molecule has 2 N–H and O–H groups in total. The van der Waals surface area contributed by atoms with Gasteiger partial charge in [0.05, 0.1) is 6.04 Å². The Morgan fingerprint density at radius 3 is 2.36 bits per heavy atom. The summed E-state index contributed by atoms with van der Waals surface area (Å²) in [6.45, 7) is 3.69. The van der Waals surface area contributed by atoms with Crippen LogP contribution in [0.4, 0.5) is 16.1 Å². The van der Waals surface area contributed by atoms with Crippen molar-refractivity contribution in [3.63, 3.8) is 0 Å². The van der Waals surface area contributed by atoms with E-state index in [1.165, 1.54) is 24.3 Å². The molecule has 0 bridgehead atoms. The number of amides is 1. The first-order valence-electron chi connectivity index (χ1n) is 7.75. The van der Waals surface area contributed by atoms with E-state index in [-0.39, 0.29) is 17.8 Å². The van der Waals surface area contributed by atoms with Crippen LogP contribution in [0.5, 0.6) is 0 Å². The number of carbonyl (C=O) groups is 1. The van der Waals surface area contributed by atoms with E-state index in [9.17, 15) is 9.18 Å². The highest BCUT2D eigenvalue weighted by Crippen LogP contribution is 2.20. The number of benzene rings is 2. The van der Waals surface area contributed by atoms with Gasteiger partial charge in [0.1, 0.15) is 5.82 Å². The molecule has 1 heterocycles. The zero-order valence-corrected chi connectivity index (χ0v) is 13.8. The third-order valence-corrected chi connectivity index (χ3v) is 3.64. The fourth-order valence-corrected chi connectivity index (χ4v) is 2.28. The highest BCUT2D eigenvalue weighted by atomic mass is 19.1. The maximum atomic E-state index is 12.9. The normalized spacial score (nSPS) is 11.8. The summed E-state index contributed by atoms with van der Waals surface area (Å²) in [6, 6.07) is 13.1. The van der Waals surface area contributed by atoms with Gasteiger partial charge in [-0.05, 0) is 48.9 Å². The van der Waals surface area contributed by atoms with E-state index < -0.39 is 0 Å². The Bertz CT molecular complexity index is 860. The second kappa shape index (κ2) is 7.12. The summed E-state index contributed by atoms with van der Waals surface area (Å²) < 4.78 is 18.2. The van der Waals surface area contributed by atoms with Crippen molar-refractivity contribution in [3.05, 3.63) is 71.4 Å². The van der Waals surface area contributed by atoms with E-state index in [0.717, 1.165) is 5.56 Å². The summed E-state index contributed by atoms with van der Waals surface area (Å²) in [7, 11) is 0. The molecule has 0 aliphatic rings. The summed E-state index contributed by atoms with van der Waals surface area (Å²) in [6.07, 6.45) is 0. The first-order valence-corrected chi connectivity index (χ1v) is 7.75. The molecule has 0 saturated heterocycles. The average Bonchev–Trinajstić information content (AvgIpc) is 3.01. The van der Waals surface area contributed by atoms with Crippen molar-refractivity contribution in [2.24, 2.45) is 0 Å². The summed E-state index contributed by atoms with van der Waals surface area (Å²) in [5.74, 6) is -0.173. The van der Waals surface area contributed by atoms with Gasteiger partial charge >= 0.3 is 6.01 Å². The predicted octanol–water partition coefficient (Wildman–Crippen LogP) is 3.94. The Hall–Kier alpha value is -3.22. The van der Waals surface area contributed by atoms with E-state index in [4.69, 9.17) is 4.42 Å². The molecule has 0 radical (unpaired) electrons. The Morgan fingerprint density at radius 2 is 1.76 bits per heavy atom. The van der Waals surface area contributed by atoms with Gasteiger partial charge in [-0.1, -0.05) is 17.2 Å². The number of aryl methyl sites for hydroxylation is 1. The number of hydrogen-bond acceptors (Lipinski definition) is 5. The lowest BCUT2D eigenvalue weighted by atomic mass is 10.1. The van der Waals surface area contributed by atoms with E-state index in [0.29, 0.717) is 23.2 Å².